The van der Waals surface area contributed by atoms with Crippen LogP contribution in [0.3, 0.4) is 0 Å². The van der Waals surface area contributed by atoms with Gasteiger partial charge in [-0.1, -0.05) is 18.2 Å². The van der Waals surface area contributed by atoms with Crippen LogP contribution in [0.15, 0.2) is 53.2 Å². The molecule has 2 aromatic rings. The first-order chi connectivity index (χ1) is 11.4. The third kappa shape index (κ3) is 5.19. The number of hydrogen-bond donors (Lipinski definition) is 0. The van der Waals surface area contributed by atoms with Crippen molar-refractivity contribution in [3.63, 3.8) is 0 Å². The lowest BCUT2D eigenvalue weighted by molar-refractivity contribution is -0.159. The Hall–Kier alpha value is -2.70. The number of rotatable bonds is 6. The fraction of sp³-hybridized carbons (Fsp3) is 0.235. The summed E-state index contributed by atoms with van der Waals surface area (Å²) in [7, 11) is 1.47. The molecule has 24 heavy (non-hydrogen) atoms. The van der Waals surface area contributed by atoms with Gasteiger partial charge in [0.25, 0.3) is 0 Å². The molecule has 7 heteroatoms. The van der Waals surface area contributed by atoms with Gasteiger partial charge in [-0.15, -0.1) is 0 Å². The minimum absolute atomic E-state index is 0.262. The first-order valence-corrected chi connectivity index (χ1v) is 7.08. The van der Waals surface area contributed by atoms with Crippen molar-refractivity contribution in [2.24, 2.45) is 0 Å². The van der Waals surface area contributed by atoms with Gasteiger partial charge in [-0.05, 0) is 24.3 Å². The molecule has 0 radical (unpaired) electrons. The molecule has 0 aliphatic rings. The Bertz CT molecular complexity index is 693. The number of carbonyl (C=O) groups excluding carboxylic acids is 1. The van der Waals surface area contributed by atoms with Gasteiger partial charge in [0.05, 0.1) is 19.9 Å². The number of benzene rings is 1. The van der Waals surface area contributed by atoms with E-state index in [-0.39, 0.29) is 12.3 Å². The van der Waals surface area contributed by atoms with Crippen molar-refractivity contribution in [2.45, 2.75) is 12.7 Å². The summed E-state index contributed by atoms with van der Waals surface area (Å²) >= 11 is 0. The molecule has 0 atom stereocenters. The number of furan rings is 1. The van der Waals surface area contributed by atoms with Crippen LogP contribution in [0, 0.1) is 0 Å². The van der Waals surface area contributed by atoms with Gasteiger partial charge in [-0.25, -0.2) is 0 Å². The highest BCUT2D eigenvalue weighted by molar-refractivity contribution is 5.92. The second-order valence-electron chi connectivity index (χ2n) is 4.96. The predicted molar refractivity (Wildman–Crippen MR) is 82.2 cm³/mol. The number of nitrogens with zero attached hydrogens (tertiary/aromatic N) is 1. The fourth-order valence-electron chi connectivity index (χ4n) is 2.09. The molecule has 4 nitrogen and oxygen atoms in total. The number of hydrogen-bond acceptors (Lipinski definition) is 3. The summed E-state index contributed by atoms with van der Waals surface area (Å²) in [5.74, 6) is 0.0304. The lowest BCUT2D eigenvalue weighted by Crippen LogP contribution is -2.37. The zero-order valence-electron chi connectivity index (χ0n) is 12.9. The van der Waals surface area contributed by atoms with Gasteiger partial charge in [-0.2, -0.15) is 13.2 Å². The molecule has 0 saturated carbocycles. The molecule has 2 rings (SSSR count). The molecule has 1 aromatic carbocycles. The summed E-state index contributed by atoms with van der Waals surface area (Å²) in [6, 6.07) is 9.95. The Morgan fingerprint density at radius 1 is 1.25 bits per heavy atom. The lowest BCUT2D eigenvalue weighted by atomic mass is 10.2. The molecular formula is C17H16F3NO3. The number of halogens is 3. The van der Waals surface area contributed by atoms with E-state index < -0.39 is 18.6 Å². The number of carbonyl (C=O) groups is 1. The number of amides is 1. The number of alkyl halides is 3. The van der Waals surface area contributed by atoms with E-state index >= 15 is 0 Å². The van der Waals surface area contributed by atoms with Crippen molar-refractivity contribution in [1.82, 2.24) is 4.90 Å². The van der Waals surface area contributed by atoms with Crippen molar-refractivity contribution in [2.75, 3.05) is 13.7 Å². The molecule has 0 fully saturated rings. The maximum Gasteiger partial charge on any atom is 0.406 e. The van der Waals surface area contributed by atoms with E-state index in [1.807, 2.05) is 0 Å². The summed E-state index contributed by atoms with van der Waals surface area (Å²) in [4.78, 5) is 12.8. The Morgan fingerprint density at radius 2 is 2.00 bits per heavy atom. The zero-order valence-corrected chi connectivity index (χ0v) is 12.9. The molecule has 0 bridgehead atoms. The highest BCUT2D eigenvalue weighted by atomic mass is 19.4. The van der Waals surface area contributed by atoms with Gasteiger partial charge in [-0.3, -0.25) is 4.79 Å². The van der Waals surface area contributed by atoms with Gasteiger partial charge in [0.15, 0.2) is 0 Å². The molecule has 1 amide bonds. The predicted octanol–water partition coefficient (Wildman–Crippen LogP) is 3.89. The molecule has 0 aliphatic carbocycles. The Kier molecular flexibility index (Phi) is 5.68. The van der Waals surface area contributed by atoms with Gasteiger partial charge >= 0.3 is 6.18 Å². The van der Waals surface area contributed by atoms with Crippen LogP contribution in [0.2, 0.25) is 0 Å². The van der Waals surface area contributed by atoms with E-state index in [1.54, 1.807) is 30.3 Å². The zero-order chi connectivity index (χ0) is 17.6. The highest BCUT2D eigenvalue weighted by Gasteiger charge is 2.32. The Morgan fingerprint density at radius 3 is 2.62 bits per heavy atom. The number of para-hydroxylation sites is 1. The van der Waals surface area contributed by atoms with E-state index in [2.05, 4.69) is 0 Å². The Balaban J connectivity index is 2.15. The van der Waals surface area contributed by atoms with Crippen molar-refractivity contribution < 1.29 is 27.1 Å². The van der Waals surface area contributed by atoms with Crippen LogP contribution in [0.25, 0.3) is 6.08 Å². The smallest absolute Gasteiger partial charge is 0.406 e. The standard InChI is InChI=1S/C17H16F3NO3/c1-23-15-7-3-2-5-13(15)8-9-16(22)21(12-17(18,19)20)11-14-6-4-10-24-14/h2-10H,11-12H2,1H3/b9-8+. The summed E-state index contributed by atoms with van der Waals surface area (Å²) in [6.07, 6.45) is -0.643. The van der Waals surface area contributed by atoms with Crippen LogP contribution in [-0.2, 0) is 11.3 Å². The maximum absolute atomic E-state index is 12.7. The summed E-state index contributed by atoms with van der Waals surface area (Å²) in [5.41, 5.74) is 0.596. The van der Waals surface area contributed by atoms with Crippen LogP contribution in [0.4, 0.5) is 13.2 Å². The minimum atomic E-state index is -4.50. The maximum atomic E-state index is 12.7. The normalized spacial score (nSPS) is 11.7. The number of methoxy groups -OCH3 is 1. The molecular weight excluding hydrogens is 323 g/mol. The molecule has 1 aromatic heterocycles. The van der Waals surface area contributed by atoms with E-state index in [0.29, 0.717) is 16.2 Å². The van der Waals surface area contributed by atoms with Crippen molar-refractivity contribution in [3.8, 4) is 5.75 Å². The summed E-state index contributed by atoms with van der Waals surface area (Å²) < 4.78 is 48.3. The molecule has 0 unspecified atom stereocenters. The molecule has 0 N–H and O–H groups in total. The SMILES string of the molecule is COc1ccccc1/C=C/C(=O)N(Cc1ccco1)CC(F)(F)F. The molecule has 0 saturated heterocycles. The lowest BCUT2D eigenvalue weighted by Gasteiger charge is -2.21. The first kappa shape index (κ1) is 17.7. The van der Waals surface area contributed by atoms with Crippen LogP contribution < -0.4 is 4.74 Å². The van der Waals surface area contributed by atoms with E-state index in [1.165, 1.54) is 25.5 Å². The molecule has 0 aliphatic heterocycles. The van der Waals surface area contributed by atoms with Gasteiger partial charge in [0.1, 0.15) is 18.1 Å². The van der Waals surface area contributed by atoms with Crippen molar-refractivity contribution in [3.05, 3.63) is 60.1 Å². The van der Waals surface area contributed by atoms with Gasteiger partial charge in [0, 0.05) is 11.6 Å². The second-order valence-corrected chi connectivity index (χ2v) is 4.96. The average Bonchev–Trinajstić information content (AvgIpc) is 3.04. The quantitative estimate of drug-likeness (QED) is 0.750. The largest absolute Gasteiger partial charge is 0.496 e. The fourth-order valence-corrected chi connectivity index (χ4v) is 2.09. The van der Waals surface area contributed by atoms with Crippen molar-refractivity contribution in [1.29, 1.82) is 0 Å². The van der Waals surface area contributed by atoms with Crippen LogP contribution in [0.5, 0.6) is 5.75 Å². The monoisotopic (exact) mass is 339 g/mol. The topological polar surface area (TPSA) is 42.7 Å². The minimum Gasteiger partial charge on any atom is -0.496 e. The summed E-state index contributed by atoms with van der Waals surface area (Å²) in [6.45, 7) is -1.62. The third-order valence-electron chi connectivity index (χ3n) is 3.15. The average molecular weight is 339 g/mol. The van der Waals surface area contributed by atoms with Crippen molar-refractivity contribution >= 4 is 12.0 Å². The van der Waals surface area contributed by atoms with Crippen LogP contribution in [-0.4, -0.2) is 30.6 Å². The molecule has 1 heterocycles. The van der Waals surface area contributed by atoms with Crippen LogP contribution >= 0.6 is 0 Å². The third-order valence-corrected chi connectivity index (χ3v) is 3.15. The van der Waals surface area contributed by atoms with E-state index in [9.17, 15) is 18.0 Å². The number of ether oxygens (including phenoxy) is 1. The van der Waals surface area contributed by atoms with Gasteiger partial charge < -0.3 is 14.1 Å². The molecule has 128 valence electrons. The van der Waals surface area contributed by atoms with Crippen LogP contribution in [0.1, 0.15) is 11.3 Å². The second kappa shape index (κ2) is 7.72. The summed E-state index contributed by atoms with van der Waals surface area (Å²) in [5, 5.41) is 0. The highest BCUT2D eigenvalue weighted by Crippen LogP contribution is 2.21. The Labute approximate surface area is 137 Å². The van der Waals surface area contributed by atoms with Gasteiger partial charge in [0.2, 0.25) is 5.91 Å². The molecule has 0 spiro atoms. The first-order valence-electron chi connectivity index (χ1n) is 7.08. The van der Waals surface area contributed by atoms with E-state index in [4.69, 9.17) is 9.15 Å². The van der Waals surface area contributed by atoms with E-state index in [0.717, 1.165) is 6.08 Å².